The van der Waals surface area contributed by atoms with Gasteiger partial charge in [-0.05, 0) is 24.5 Å². The lowest BCUT2D eigenvalue weighted by molar-refractivity contribution is 0.342. The third kappa shape index (κ3) is 3.26. The zero-order chi connectivity index (χ0) is 13.0. The van der Waals surface area contributed by atoms with Gasteiger partial charge in [-0.3, -0.25) is 4.99 Å². The third-order valence-electron chi connectivity index (χ3n) is 3.68. The molecule has 1 saturated carbocycles. The molecule has 1 heterocycles. The van der Waals surface area contributed by atoms with Crippen molar-refractivity contribution in [2.45, 2.75) is 38.5 Å². The minimum atomic E-state index is 0.770. The first kappa shape index (κ1) is 13.4. The Morgan fingerprint density at radius 2 is 2.11 bits per heavy atom. The molecule has 1 aliphatic carbocycles. The highest BCUT2D eigenvalue weighted by Crippen LogP contribution is 2.33. The smallest absolute Gasteiger partial charge is 0.0934 e. The van der Waals surface area contributed by atoms with E-state index in [1.54, 1.807) is 7.05 Å². The fourth-order valence-electron chi connectivity index (χ4n) is 2.79. The maximum Gasteiger partial charge on any atom is 0.0934 e. The van der Waals surface area contributed by atoms with Crippen LogP contribution < -0.4 is 0 Å². The molecule has 2 rings (SSSR count). The van der Waals surface area contributed by atoms with Crippen molar-refractivity contribution in [3.8, 4) is 0 Å². The molecule has 0 amide bonds. The molecule has 0 aromatic heterocycles. The molecule has 2 nitrogen and oxygen atoms in total. The Labute approximate surface area is 115 Å². The van der Waals surface area contributed by atoms with Crippen LogP contribution in [0.3, 0.4) is 0 Å². The van der Waals surface area contributed by atoms with Gasteiger partial charge in [0.15, 0.2) is 0 Å². The van der Waals surface area contributed by atoms with E-state index in [-0.39, 0.29) is 0 Å². The van der Waals surface area contributed by atoms with Gasteiger partial charge in [-0.2, -0.15) is 0 Å². The SMILES string of the molecule is C=C1C=C(Cl)C=C(CC2CCCCC2)N1C=NC. The Kier molecular flexibility index (Phi) is 4.65. The number of allylic oxidation sites excluding steroid dienone is 4. The fraction of sp³-hybridized carbons (Fsp3) is 0.533. The van der Waals surface area contributed by atoms with Crippen molar-refractivity contribution < 1.29 is 0 Å². The zero-order valence-corrected chi connectivity index (χ0v) is 11.8. The first-order chi connectivity index (χ1) is 8.70. The van der Waals surface area contributed by atoms with E-state index >= 15 is 0 Å². The molecule has 1 aliphatic heterocycles. The van der Waals surface area contributed by atoms with Gasteiger partial charge < -0.3 is 4.90 Å². The van der Waals surface area contributed by atoms with Crippen LogP contribution in [0.15, 0.2) is 40.1 Å². The Morgan fingerprint density at radius 3 is 2.78 bits per heavy atom. The van der Waals surface area contributed by atoms with E-state index in [1.807, 2.05) is 18.5 Å². The second-order valence-corrected chi connectivity index (χ2v) is 5.54. The van der Waals surface area contributed by atoms with E-state index in [1.165, 1.54) is 37.8 Å². The molecule has 0 unspecified atom stereocenters. The molecule has 0 spiro atoms. The Bertz CT molecular complexity index is 401. The van der Waals surface area contributed by atoms with E-state index in [0.29, 0.717) is 0 Å². The highest BCUT2D eigenvalue weighted by Gasteiger charge is 2.21. The van der Waals surface area contributed by atoms with Gasteiger partial charge >= 0.3 is 0 Å². The van der Waals surface area contributed by atoms with Crippen LogP contribution in [0.2, 0.25) is 0 Å². The van der Waals surface area contributed by atoms with E-state index in [0.717, 1.165) is 23.1 Å². The monoisotopic (exact) mass is 264 g/mol. The van der Waals surface area contributed by atoms with Gasteiger partial charge in [0, 0.05) is 23.5 Å². The van der Waals surface area contributed by atoms with Gasteiger partial charge in [-0.15, -0.1) is 0 Å². The summed E-state index contributed by atoms with van der Waals surface area (Å²) < 4.78 is 0. The van der Waals surface area contributed by atoms with Crippen LogP contribution in [0, 0.1) is 5.92 Å². The first-order valence-corrected chi connectivity index (χ1v) is 7.06. The van der Waals surface area contributed by atoms with Crippen molar-refractivity contribution >= 4 is 17.9 Å². The molecule has 1 fully saturated rings. The molecular formula is C15H21ClN2. The number of aliphatic imine (C=N–C) groups is 1. The summed E-state index contributed by atoms with van der Waals surface area (Å²) in [6.07, 6.45) is 13.6. The van der Waals surface area contributed by atoms with Gasteiger partial charge in [0.25, 0.3) is 0 Å². The molecule has 0 aromatic rings. The van der Waals surface area contributed by atoms with Crippen molar-refractivity contribution in [2.75, 3.05) is 7.05 Å². The largest absolute Gasteiger partial charge is 0.306 e. The summed E-state index contributed by atoms with van der Waals surface area (Å²) in [4.78, 5) is 6.16. The first-order valence-electron chi connectivity index (χ1n) is 6.69. The highest BCUT2D eigenvalue weighted by atomic mass is 35.5. The maximum absolute atomic E-state index is 6.14. The Morgan fingerprint density at radius 1 is 1.39 bits per heavy atom. The fourth-order valence-corrected chi connectivity index (χ4v) is 3.04. The lowest BCUT2D eigenvalue weighted by Gasteiger charge is -2.30. The topological polar surface area (TPSA) is 15.6 Å². The van der Waals surface area contributed by atoms with Crippen molar-refractivity contribution in [3.05, 3.63) is 35.2 Å². The van der Waals surface area contributed by atoms with Crippen LogP contribution in [0.25, 0.3) is 0 Å². The number of hydrogen-bond acceptors (Lipinski definition) is 1. The van der Waals surface area contributed by atoms with E-state index in [2.05, 4.69) is 16.5 Å². The Hall–Kier alpha value is -1.02. The lowest BCUT2D eigenvalue weighted by Crippen LogP contribution is -2.24. The number of rotatable bonds is 3. The van der Waals surface area contributed by atoms with Gasteiger partial charge in [0.05, 0.1) is 6.34 Å². The molecule has 0 bridgehead atoms. The van der Waals surface area contributed by atoms with Gasteiger partial charge in [0.1, 0.15) is 0 Å². The molecule has 0 atom stereocenters. The van der Waals surface area contributed by atoms with E-state index in [9.17, 15) is 0 Å². The Balaban J connectivity index is 2.11. The number of halogens is 1. The second kappa shape index (κ2) is 6.24. The summed E-state index contributed by atoms with van der Waals surface area (Å²) in [5.41, 5.74) is 2.13. The number of nitrogens with zero attached hydrogens (tertiary/aromatic N) is 2. The highest BCUT2D eigenvalue weighted by molar-refractivity contribution is 6.31. The average Bonchev–Trinajstić information content (AvgIpc) is 2.35. The molecule has 98 valence electrons. The lowest BCUT2D eigenvalue weighted by atomic mass is 9.85. The van der Waals surface area contributed by atoms with Crippen LogP contribution in [-0.2, 0) is 0 Å². The summed E-state index contributed by atoms with van der Waals surface area (Å²) in [6.45, 7) is 4.04. The van der Waals surface area contributed by atoms with Crippen molar-refractivity contribution in [1.82, 2.24) is 4.90 Å². The van der Waals surface area contributed by atoms with Crippen LogP contribution in [-0.4, -0.2) is 18.3 Å². The van der Waals surface area contributed by atoms with Crippen LogP contribution in [0.1, 0.15) is 38.5 Å². The molecule has 18 heavy (non-hydrogen) atoms. The average molecular weight is 265 g/mol. The van der Waals surface area contributed by atoms with Crippen LogP contribution in [0.5, 0.6) is 0 Å². The van der Waals surface area contributed by atoms with Crippen LogP contribution in [0.4, 0.5) is 0 Å². The maximum atomic E-state index is 6.14. The van der Waals surface area contributed by atoms with Crippen molar-refractivity contribution in [3.63, 3.8) is 0 Å². The third-order valence-corrected chi connectivity index (χ3v) is 3.90. The molecule has 0 radical (unpaired) electrons. The number of hydrogen-bond donors (Lipinski definition) is 0. The molecule has 0 N–H and O–H groups in total. The van der Waals surface area contributed by atoms with E-state index in [4.69, 9.17) is 11.6 Å². The standard InChI is InChI=1S/C15H21ClN2/c1-12-8-14(16)10-15(18(12)11-17-2)9-13-6-4-3-5-7-13/h8,10-11,13H,1,3-7,9H2,2H3. The van der Waals surface area contributed by atoms with Gasteiger partial charge in [0.2, 0.25) is 0 Å². The predicted molar refractivity (Wildman–Crippen MR) is 78.6 cm³/mol. The summed E-state index contributed by atoms with van der Waals surface area (Å²) in [5, 5.41) is 0.770. The molecule has 0 aromatic carbocycles. The molecule has 2 aliphatic rings. The summed E-state index contributed by atoms with van der Waals surface area (Å²) in [5.74, 6) is 0.785. The van der Waals surface area contributed by atoms with Crippen molar-refractivity contribution in [1.29, 1.82) is 0 Å². The molecule has 3 heteroatoms. The zero-order valence-electron chi connectivity index (χ0n) is 11.0. The summed E-state index contributed by atoms with van der Waals surface area (Å²) in [7, 11) is 1.78. The minimum absolute atomic E-state index is 0.770. The van der Waals surface area contributed by atoms with E-state index < -0.39 is 0 Å². The van der Waals surface area contributed by atoms with Crippen LogP contribution >= 0.6 is 11.6 Å². The van der Waals surface area contributed by atoms with Gasteiger partial charge in [-0.1, -0.05) is 50.3 Å². The second-order valence-electron chi connectivity index (χ2n) is 5.11. The predicted octanol–water partition coefficient (Wildman–Crippen LogP) is 4.45. The quantitative estimate of drug-likeness (QED) is 0.543. The van der Waals surface area contributed by atoms with Crippen molar-refractivity contribution in [2.24, 2.45) is 10.9 Å². The molecule has 0 saturated heterocycles. The summed E-state index contributed by atoms with van der Waals surface area (Å²) >= 11 is 6.14. The normalized spacial score (nSPS) is 22.3. The van der Waals surface area contributed by atoms with Gasteiger partial charge in [-0.25, -0.2) is 0 Å². The molecular weight excluding hydrogens is 244 g/mol. The minimum Gasteiger partial charge on any atom is -0.306 e. The summed E-state index contributed by atoms with van der Waals surface area (Å²) in [6, 6.07) is 0.